The number of benzene rings is 1. The highest BCUT2D eigenvalue weighted by molar-refractivity contribution is 6.30. The van der Waals surface area contributed by atoms with Crippen LogP contribution in [0.4, 0.5) is 0 Å². The van der Waals surface area contributed by atoms with Crippen LogP contribution in [0, 0.1) is 19.8 Å². The Hall–Kier alpha value is -2.05. The minimum Gasteiger partial charge on any atom is -0.361 e. The number of guanidine groups is 1. The molecule has 1 saturated heterocycles. The van der Waals surface area contributed by atoms with Crippen LogP contribution in [0.3, 0.4) is 0 Å². The molecule has 0 saturated carbocycles. The highest BCUT2D eigenvalue weighted by atomic mass is 35.5. The monoisotopic (exact) mass is 445 g/mol. The molecule has 3 rings (SSSR count). The van der Waals surface area contributed by atoms with Crippen LogP contribution in [0.25, 0.3) is 0 Å². The minimum atomic E-state index is 0.346. The fourth-order valence-electron chi connectivity index (χ4n) is 4.55. The Morgan fingerprint density at radius 2 is 2.16 bits per heavy atom. The van der Waals surface area contributed by atoms with Crippen LogP contribution in [-0.4, -0.2) is 49.2 Å². The summed E-state index contributed by atoms with van der Waals surface area (Å²) >= 11 is 6.28. The smallest absolute Gasteiger partial charge is 0.191 e. The molecule has 6 nitrogen and oxygen atoms in total. The Kier molecular flexibility index (Phi) is 8.79. The average Bonchev–Trinajstić information content (AvgIpc) is 3.06. The molecular weight excluding hydrogens is 410 g/mol. The molecule has 1 aliphatic rings. The second kappa shape index (κ2) is 11.5. The van der Waals surface area contributed by atoms with Crippen LogP contribution in [0.15, 0.2) is 33.8 Å². The van der Waals surface area contributed by atoms with E-state index in [1.54, 1.807) is 0 Å². The van der Waals surface area contributed by atoms with Crippen molar-refractivity contribution < 1.29 is 4.52 Å². The van der Waals surface area contributed by atoms with Gasteiger partial charge in [0.15, 0.2) is 5.96 Å². The van der Waals surface area contributed by atoms with Crippen molar-refractivity contribution in [3.63, 3.8) is 0 Å². The summed E-state index contributed by atoms with van der Waals surface area (Å²) < 4.78 is 5.26. The molecule has 0 spiro atoms. The fraction of sp³-hybridized carbons (Fsp3) is 0.583. The van der Waals surface area contributed by atoms with Gasteiger partial charge >= 0.3 is 0 Å². The van der Waals surface area contributed by atoms with Crippen molar-refractivity contribution >= 4 is 17.6 Å². The first-order valence-electron chi connectivity index (χ1n) is 11.4. The van der Waals surface area contributed by atoms with Gasteiger partial charge in [0.2, 0.25) is 0 Å². The number of likely N-dealkylation sites (tertiary alicyclic amines) is 1. The maximum Gasteiger partial charge on any atom is 0.191 e. The summed E-state index contributed by atoms with van der Waals surface area (Å²) in [6, 6.07) is 8.62. The van der Waals surface area contributed by atoms with E-state index in [1.165, 1.54) is 24.0 Å². The Morgan fingerprint density at radius 1 is 1.32 bits per heavy atom. The predicted molar refractivity (Wildman–Crippen MR) is 128 cm³/mol. The average molecular weight is 446 g/mol. The molecule has 2 atom stereocenters. The molecule has 31 heavy (non-hydrogen) atoms. The third-order valence-corrected chi connectivity index (χ3v) is 6.34. The number of hydrogen-bond acceptors (Lipinski definition) is 4. The maximum atomic E-state index is 6.28. The van der Waals surface area contributed by atoms with Gasteiger partial charge in [0.1, 0.15) is 5.76 Å². The first kappa shape index (κ1) is 23.6. The largest absolute Gasteiger partial charge is 0.361 e. The lowest BCUT2D eigenvalue weighted by Gasteiger charge is -2.39. The molecule has 0 bridgehead atoms. The van der Waals surface area contributed by atoms with Gasteiger partial charge in [0, 0.05) is 36.3 Å². The molecule has 170 valence electrons. The number of hydrogen-bond donors (Lipinski definition) is 2. The van der Waals surface area contributed by atoms with Gasteiger partial charge in [-0.3, -0.25) is 9.89 Å². The zero-order valence-corrected chi connectivity index (χ0v) is 20.0. The summed E-state index contributed by atoms with van der Waals surface area (Å²) in [4.78, 5) is 7.39. The van der Waals surface area contributed by atoms with E-state index in [-0.39, 0.29) is 0 Å². The summed E-state index contributed by atoms with van der Waals surface area (Å²) in [6.07, 6.45) is 4.34. The SMILES string of the molecule is CCNC(=NCC1CCCN(C)C1c1cccc(Cl)c1)NCCCc1c(C)noc1C. The number of nitrogens with zero attached hydrogens (tertiary/aromatic N) is 3. The van der Waals surface area contributed by atoms with E-state index < -0.39 is 0 Å². The second-order valence-corrected chi connectivity index (χ2v) is 8.87. The molecular formula is C24H36ClN5O. The summed E-state index contributed by atoms with van der Waals surface area (Å²) in [7, 11) is 2.21. The standard InChI is InChI=1S/C24H36ClN5O/c1-5-26-24(27-13-7-12-22-17(2)29-31-18(22)3)28-16-20-10-8-14-30(4)23(20)19-9-6-11-21(25)15-19/h6,9,11,15,20,23H,5,7-8,10,12-14,16H2,1-4H3,(H2,26,27,28). The molecule has 1 aromatic heterocycles. The van der Waals surface area contributed by atoms with Gasteiger partial charge < -0.3 is 15.2 Å². The first-order chi connectivity index (χ1) is 15.0. The summed E-state index contributed by atoms with van der Waals surface area (Å²) in [5.41, 5.74) is 3.50. The number of rotatable bonds is 8. The van der Waals surface area contributed by atoms with Crippen LogP contribution in [0.2, 0.25) is 5.02 Å². The third kappa shape index (κ3) is 6.47. The second-order valence-electron chi connectivity index (χ2n) is 8.44. The molecule has 2 unspecified atom stereocenters. The van der Waals surface area contributed by atoms with Gasteiger partial charge in [-0.15, -0.1) is 0 Å². The molecule has 2 heterocycles. The molecule has 0 radical (unpaired) electrons. The van der Waals surface area contributed by atoms with E-state index in [0.29, 0.717) is 12.0 Å². The van der Waals surface area contributed by atoms with Gasteiger partial charge in [-0.2, -0.15) is 0 Å². The Labute approximate surface area is 191 Å². The van der Waals surface area contributed by atoms with E-state index >= 15 is 0 Å². The lowest BCUT2D eigenvalue weighted by atomic mass is 9.85. The van der Waals surface area contributed by atoms with E-state index in [4.69, 9.17) is 21.1 Å². The predicted octanol–water partition coefficient (Wildman–Crippen LogP) is 4.52. The molecule has 1 fully saturated rings. The highest BCUT2D eigenvalue weighted by Gasteiger charge is 2.30. The van der Waals surface area contributed by atoms with Crippen LogP contribution in [0.5, 0.6) is 0 Å². The van der Waals surface area contributed by atoms with Crippen molar-refractivity contribution in [1.29, 1.82) is 0 Å². The van der Waals surface area contributed by atoms with Crippen molar-refractivity contribution in [2.45, 2.75) is 52.5 Å². The van der Waals surface area contributed by atoms with Crippen LogP contribution < -0.4 is 10.6 Å². The lowest BCUT2D eigenvalue weighted by molar-refractivity contribution is 0.125. The molecule has 1 aromatic carbocycles. The van der Waals surface area contributed by atoms with E-state index in [0.717, 1.165) is 61.5 Å². The number of piperidine rings is 1. The number of aromatic nitrogens is 1. The normalized spacial score (nSPS) is 20.1. The van der Waals surface area contributed by atoms with Crippen molar-refractivity contribution in [1.82, 2.24) is 20.7 Å². The van der Waals surface area contributed by atoms with Gasteiger partial charge in [-0.1, -0.05) is 28.9 Å². The van der Waals surface area contributed by atoms with E-state index in [9.17, 15) is 0 Å². The van der Waals surface area contributed by atoms with Crippen LogP contribution in [-0.2, 0) is 6.42 Å². The van der Waals surface area contributed by atoms with Crippen LogP contribution >= 0.6 is 11.6 Å². The minimum absolute atomic E-state index is 0.346. The maximum absolute atomic E-state index is 6.28. The summed E-state index contributed by atoms with van der Waals surface area (Å²) in [5, 5.41) is 11.7. The Morgan fingerprint density at radius 3 is 2.87 bits per heavy atom. The van der Waals surface area contributed by atoms with Crippen molar-refractivity contribution in [2.24, 2.45) is 10.9 Å². The van der Waals surface area contributed by atoms with E-state index in [2.05, 4.69) is 46.8 Å². The van der Waals surface area contributed by atoms with E-state index in [1.807, 2.05) is 26.0 Å². The Balaban J connectivity index is 1.59. The lowest BCUT2D eigenvalue weighted by Crippen LogP contribution is -2.40. The van der Waals surface area contributed by atoms with Crippen molar-refractivity contribution in [3.05, 3.63) is 51.9 Å². The zero-order valence-electron chi connectivity index (χ0n) is 19.2. The number of aliphatic imine (C=N–C) groups is 1. The molecule has 7 heteroatoms. The quantitative estimate of drug-likeness (QED) is 0.355. The first-order valence-corrected chi connectivity index (χ1v) is 11.8. The third-order valence-electron chi connectivity index (χ3n) is 6.10. The molecule has 1 aliphatic heterocycles. The fourth-order valence-corrected chi connectivity index (χ4v) is 4.75. The zero-order chi connectivity index (χ0) is 22.2. The topological polar surface area (TPSA) is 65.7 Å². The van der Waals surface area contributed by atoms with Gasteiger partial charge in [-0.25, -0.2) is 0 Å². The molecule has 0 aliphatic carbocycles. The van der Waals surface area contributed by atoms with Crippen molar-refractivity contribution in [3.8, 4) is 0 Å². The summed E-state index contributed by atoms with van der Waals surface area (Å²) in [5.74, 6) is 2.28. The van der Waals surface area contributed by atoms with Gasteiger partial charge in [0.25, 0.3) is 0 Å². The number of aryl methyl sites for hydroxylation is 2. The number of halogens is 1. The molecule has 0 amide bonds. The number of nitrogens with one attached hydrogen (secondary N) is 2. The summed E-state index contributed by atoms with van der Waals surface area (Å²) in [6.45, 7) is 9.69. The molecule has 2 N–H and O–H groups in total. The Bertz CT molecular complexity index is 846. The van der Waals surface area contributed by atoms with Crippen molar-refractivity contribution in [2.75, 3.05) is 33.2 Å². The molecule has 2 aromatic rings. The highest BCUT2D eigenvalue weighted by Crippen LogP contribution is 2.36. The van der Waals surface area contributed by atoms with Crippen LogP contribution in [0.1, 0.15) is 54.8 Å². The van der Waals surface area contributed by atoms with Gasteiger partial charge in [-0.05, 0) is 83.7 Å². The van der Waals surface area contributed by atoms with Gasteiger partial charge in [0.05, 0.1) is 5.69 Å².